The van der Waals surface area contributed by atoms with Crippen molar-refractivity contribution in [3.63, 3.8) is 0 Å². The van der Waals surface area contributed by atoms with Crippen molar-refractivity contribution in [2.24, 2.45) is 4.99 Å². The lowest BCUT2D eigenvalue weighted by Gasteiger charge is -2.27. The smallest absolute Gasteiger partial charge is 0.226 e. The van der Waals surface area contributed by atoms with Gasteiger partial charge in [-0.25, -0.2) is 0 Å². The molecule has 2 aliphatic carbocycles. The fraction of sp³-hybridized carbons (Fsp3) is 0.667. The van der Waals surface area contributed by atoms with Crippen molar-refractivity contribution in [1.29, 1.82) is 0 Å². The SMILES string of the molecule is CCCCc1ccc(NC(=O)CC2CS/C(=N\C3CCCCC3)N2C2CC2)cc1.Cl. The molecule has 1 saturated heterocycles. The number of aryl methyl sites for hydroxylation is 1. The minimum atomic E-state index is 0. The van der Waals surface area contributed by atoms with Crippen molar-refractivity contribution in [3.05, 3.63) is 29.8 Å². The second kappa shape index (κ2) is 11.4. The molecule has 1 unspecified atom stereocenters. The maximum Gasteiger partial charge on any atom is 0.226 e. The van der Waals surface area contributed by atoms with E-state index in [-0.39, 0.29) is 18.3 Å². The molecule has 3 aliphatic rings. The lowest BCUT2D eigenvalue weighted by atomic mass is 9.96. The zero-order valence-electron chi connectivity index (χ0n) is 18.1. The van der Waals surface area contributed by atoms with Gasteiger partial charge in [0, 0.05) is 29.9 Å². The number of halogens is 1. The maximum atomic E-state index is 12.7. The maximum absolute atomic E-state index is 12.7. The summed E-state index contributed by atoms with van der Waals surface area (Å²) in [4.78, 5) is 20.3. The second-order valence-electron chi connectivity index (χ2n) is 8.86. The number of unbranched alkanes of at least 4 members (excludes halogenated alkanes) is 1. The minimum Gasteiger partial charge on any atom is -0.344 e. The van der Waals surface area contributed by atoms with E-state index in [1.807, 2.05) is 23.9 Å². The van der Waals surface area contributed by atoms with Gasteiger partial charge in [0.25, 0.3) is 0 Å². The Bertz CT molecular complexity index is 714. The Morgan fingerprint density at radius 1 is 1.13 bits per heavy atom. The van der Waals surface area contributed by atoms with Gasteiger partial charge in [0.05, 0.1) is 6.04 Å². The Morgan fingerprint density at radius 3 is 2.53 bits per heavy atom. The molecule has 6 heteroatoms. The molecule has 2 saturated carbocycles. The molecule has 0 aromatic heterocycles. The molecule has 3 fully saturated rings. The van der Waals surface area contributed by atoms with Crippen LogP contribution in [0.3, 0.4) is 0 Å². The predicted molar refractivity (Wildman–Crippen MR) is 131 cm³/mol. The molecule has 1 aliphatic heterocycles. The van der Waals surface area contributed by atoms with Crippen molar-refractivity contribution in [2.45, 2.75) is 95.7 Å². The largest absolute Gasteiger partial charge is 0.344 e. The Balaban J connectivity index is 0.00000256. The van der Waals surface area contributed by atoms with Gasteiger partial charge in [0.2, 0.25) is 5.91 Å². The highest BCUT2D eigenvalue weighted by Crippen LogP contribution is 2.38. The van der Waals surface area contributed by atoms with Crippen molar-refractivity contribution in [2.75, 3.05) is 11.1 Å². The van der Waals surface area contributed by atoms with Crippen molar-refractivity contribution < 1.29 is 4.79 Å². The quantitative estimate of drug-likeness (QED) is 0.525. The summed E-state index contributed by atoms with van der Waals surface area (Å²) in [5, 5.41) is 4.33. The average Bonchev–Trinajstić information content (AvgIpc) is 3.50. The molecule has 4 nitrogen and oxygen atoms in total. The molecule has 4 rings (SSSR count). The number of aliphatic imine (C=N–C) groups is 1. The number of rotatable bonds is 8. The van der Waals surface area contributed by atoms with E-state index < -0.39 is 0 Å². The summed E-state index contributed by atoms with van der Waals surface area (Å²) in [6, 6.07) is 9.78. The number of nitrogens with one attached hydrogen (secondary N) is 1. The van der Waals surface area contributed by atoms with Crippen LogP contribution in [0.15, 0.2) is 29.3 Å². The number of thioether (sulfide) groups is 1. The second-order valence-corrected chi connectivity index (χ2v) is 9.85. The van der Waals surface area contributed by atoms with Gasteiger partial charge in [-0.05, 0) is 56.2 Å². The third kappa shape index (κ3) is 6.40. The van der Waals surface area contributed by atoms with Crippen LogP contribution < -0.4 is 5.32 Å². The van der Waals surface area contributed by atoms with Gasteiger partial charge >= 0.3 is 0 Å². The van der Waals surface area contributed by atoms with Crippen LogP contribution in [0.5, 0.6) is 0 Å². The molecule has 1 heterocycles. The number of amides is 1. The van der Waals surface area contributed by atoms with Crippen molar-refractivity contribution in [3.8, 4) is 0 Å². The summed E-state index contributed by atoms with van der Waals surface area (Å²) in [5.74, 6) is 1.12. The Kier molecular flexibility index (Phi) is 8.94. The fourth-order valence-corrected chi connectivity index (χ4v) is 5.77. The number of hydrogen-bond acceptors (Lipinski definition) is 3. The molecule has 1 aromatic carbocycles. The molecular weight excluding hydrogens is 414 g/mol. The first-order valence-electron chi connectivity index (χ1n) is 11.6. The molecule has 1 N–H and O–H groups in total. The first-order valence-corrected chi connectivity index (χ1v) is 12.6. The molecule has 1 atom stereocenters. The summed E-state index contributed by atoms with van der Waals surface area (Å²) in [6.07, 6.45) is 13.1. The Morgan fingerprint density at radius 2 is 1.87 bits per heavy atom. The van der Waals surface area contributed by atoms with Gasteiger partial charge in [-0.1, -0.05) is 56.5 Å². The fourth-order valence-electron chi connectivity index (χ4n) is 4.48. The van der Waals surface area contributed by atoms with Gasteiger partial charge in [-0.2, -0.15) is 0 Å². The standard InChI is InChI=1S/C24H35N3OS.ClH/c1-2-3-7-18-10-12-20(13-11-18)25-23(28)16-22-17-29-24(27(22)21-14-15-21)26-19-8-5-4-6-9-19;/h10-13,19,21-22H,2-9,14-17H2,1H3,(H,25,28);1H/b26-24-;. The van der Waals surface area contributed by atoms with Crippen LogP contribution in [0.1, 0.15) is 76.7 Å². The Labute approximate surface area is 192 Å². The lowest BCUT2D eigenvalue weighted by Crippen LogP contribution is -2.39. The molecule has 30 heavy (non-hydrogen) atoms. The molecule has 0 bridgehead atoms. The normalized spacial score (nSPS) is 23.4. The number of amidine groups is 1. The topological polar surface area (TPSA) is 44.7 Å². The van der Waals surface area contributed by atoms with E-state index in [1.165, 1.54) is 68.5 Å². The van der Waals surface area contributed by atoms with Crippen LogP contribution >= 0.6 is 24.2 Å². The van der Waals surface area contributed by atoms with Crippen LogP contribution in [0.4, 0.5) is 5.69 Å². The third-order valence-electron chi connectivity index (χ3n) is 6.30. The molecule has 1 amide bonds. The predicted octanol–water partition coefficient (Wildman–Crippen LogP) is 6.05. The summed E-state index contributed by atoms with van der Waals surface area (Å²) in [5.41, 5.74) is 2.26. The molecule has 1 aromatic rings. The first kappa shape index (κ1) is 23.5. The van der Waals surface area contributed by atoms with Crippen LogP contribution in [0.25, 0.3) is 0 Å². The number of nitrogens with zero attached hydrogens (tertiary/aromatic N) is 2. The number of benzene rings is 1. The molecule has 0 radical (unpaired) electrons. The van der Waals surface area contributed by atoms with E-state index in [0.717, 1.165) is 17.9 Å². The number of anilines is 1. The van der Waals surface area contributed by atoms with Crippen LogP contribution in [-0.2, 0) is 11.2 Å². The number of carbonyl (C=O) groups is 1. The van der Waals surface area contributed by atoms with E-state index in [0.29, 0.717) is 24.5 Å². The minimum absolute atomic E-state index is 0. The zero-order chi connectivity index (χ0) is 20.1. The number of carbonyl (C=O) groups excluding carboxylic acids is 1. The summed E-state index contributed by atoms with van der Waals surface area (Å²) < 4.78 is 0. The molecular formula is C24H36ClN3OS. The molecule has 0 spiro atoms. The van der Waals surface area contributed by atoms with Gasteiger partial charge < -0.3 is 10.2 Å². The lowest BCUT2D eigenvalue weighted by molar-refractivity contribution is -0.116. The van der Waals surface area contributed by atoms with Crippen LogP contribution in [0, 0.1) is 0 Å². The number of hydrogen-bond donors (Lipinski definition) is 1. The zero-order valence-corrected chi connectivity index (χ0v) is 19.8. The highest BCUT2D eigenvalue weighted by molar-refractivity contribution is 8.14. The van der Waals surface area contributed by atoms with E-state index in [2.05, 4.69) is 29.3 Å². The van der Waals surface area contributed by atoms with Gasteiger partial charge in [0.15, 0.2) is 5.17 Å². The van der Waals surface area contributed by atoms with E-state index >= 15 is 0 Å². The Hall–Kier alpha value is -1.20. The first-order chi connectivity index (χ1) is 14.2. The monoisotopic (exact) mass is 449 g/mol. The summed E-state index contributed by atoms with van der Waals surface area (Å²) in [6.45, 7) is 2.21. The van der Waals surface area contributed by atoms with E-state index in [1.54, 1.807) is 0 Å². The van der Waals surface area contributed by atoms with Gasteiger partial charge in [0.1, 0.15) is 0 Å². The van der Waals surface area contributed by atoms with Crippen molar-refractivity contribution >= 4 is 40.9 Å². The summed E-state index contributed by atoms with van der Waals surface area (Å²) >= 11 is 1.87. The van der Waals surface area contributed by atoms with Crippen LogP contribution in [-0.4, -0.2) is 39.9 Å². The third-order valence-corrected chi connectivity index (χ3v) is 7.43. The molecule has 166 valence electrons. The van der Waals surface area contributed by atoms with Gasteiger partial charge in [-0.15, -0.1) is 12.4 Å². The van der Waals surface area contributed by atoms with E-state index in [4.69, 9.17) is 4.99 Å². The van der Waals surface area contributed by atoms with Gasteiger partial charge in [-0.3, -0.25) is 9.79 Å². The highest BCUT2D eigenvalue weighted by atomic mass is 35.5. The highest BCUT2D eigenvalue weighted by Gasteiger charge is 2.41. The van der Waals surface area contributed by atoms with Crippen molar-refractivity contribution in [1.82, 2.24) is 4.90 Å². The van der Waals surface area contributed by atoms with E-state index in [9.17, 15) is 4.79 Å². The van der Waals surface area contributed by atoms with Crippen LogP contribution in [0.2, 0.25) is 0 Å². The summed E-state index contributed by atoms with van der Waals surface area (Å²) in [7, 11) is 0. The average molecular weight is 450 g/mol.